The number of H-pyrrole nitrogens is 1. The highest BCUT2D eigenvalue weighted by atomic mass is 16.5. The fraction of sp³-hybridized carbons (Fsp3) is 0.333. The smallest absolute Gasteiger partial charge is 0.127 e. The first kappa shape index (κ1) is 12.4. The van der Waals surface area contributed by atoms with E-state index >= 15 is 0 Å². The van der Waals surface area contributed by atoms with Crippen molar-refractivity contribution >= 4 is 11.0 Å². The fourth-order valence-electron chi connectivity index (χ4n) is 2.99. The zero-order chi connectivity index (χ0) is 14.4. The second-order valence-electron chi connectivity index (χ2n) is 5.35. The Kier molecular flexibility index (Phi) is 2.71. The summed E-state index contributed by atoms with van der Waals surface area (Å²) >= 11 is 0. The van der Waals surface area contributed by atoms with E-state index in [2.05, 4.69) is 26.9 Å². The van der Waals surface area contributed by atoms with Crippen molar-refractivity contribution in [1.82, 2.24) is 24.8 Å². The van der Waals surface area contributed by atoms with Crippen LogP contribution in [0.3, 0.4) is 0 Å². The average Bonchev–Trinajstić information content (AvgIpc) is 3.10. The molecular formula is C15H17N5O. The number of aryl methyl sites for hydroxylation is 1. The van der Waals surface area contributed by atoms with Crippen LogP contribution in [-0.4, -0.2) is 26.6 Å². The molecule has 3 aromatic rings. The number of nitrogens with one attached hydrogen (secondary N) is 2. The van der Waals surface area contributed by atoms with Gasteiger partial charge in [-0.15, -0.1) is 0 Å². The zero-order valence-corrected chi connectivity index (χ0v) is 12.1. The molecular weight excluding hydrogens is 266 g/mol. The lowest BCUT2D eigenvalue weighted by atomic mass is 10.1. The molecule has 1 unspecified atom stereocenters. The highest BCUT2D eigenvalue weighted by Crippen LogP contribution is 2.27. The predicted octanol–water partition coefficient (Wildman–Crippen LogP) is 1.69. The third-order valence-corrected chi connectivity index (χ3v) is 4.16. The van der Waals surface area contributed by atoms with E-state index in [9.17, 15) is 0 Å². The molecule has 1 aromatic carbocycles. The molecule has 6 heteroatoms. The van der Waals surface area contributed by atoms with E-state index in [0.717, 1.165) is 41.3 Å². The third-order valence-electron chi connectivity index (χ3n) is 4.16. The van der Waals surface area contributed by atoms with Crippen LogP contribution in [0.5, 0.6) is 5.75 Å². The lowest BCUT2D eigenvalue weighted by molar-refractivity contribution is 0.415. The number of aromatic amines is 1. The number of rotatable bonds is 2. The van der Waals surface area contributed by atoms with Crippen molar-refractivity contribution in [3.8, 4) is 5.75 Å². The Balaban J connectivity index is 1.75. The summed E-state index contributed by atoms with van der Waals surface area (Å²) in [6.07, 6.45) is 2.61. The van der Waals surface area contributed by atoms with Gasteiger partial charge in [0.25, 0.3) is 0 Å². The molecule has 0 saturated heterocycles. The molecule has 6 nitrogen and oxygen atoms in total. The highest BCUT2D eigenvalue weighted by Gasteiger charge is 2.25. The number of benzene rings is 1. The Morgan fingerprint density at radius 2 is 2.29 bits per heavy atom. The van der Waals surface area contributed by atoms with Gasteiger partial charge in [-0.2, -0.15) is 0 Å². The monoisotopic (exact) mass is 283 g/mol. The molecule has 1 aliphatic rings. The predicted molar refractivity (Wildman–Crippen MR) is 79.1 cm³/mol. The van der Waals surface area contributed by atoms with Crippen molar-refractivity contribution in [2.75, 3.05) is 7.11 Å². The van der Waals surface area contributed by atoms with Gasteiger partial charge in [0, 0.05) is 26.1 Å². The number of hydrogen-bond donors (Lipinski definition) is 2. The quantitative estimate of drug-likeness (QED) is 0.751. The first-order valence-corrected chi connectivity index (χ1v) is 7.01. The van der Waals surface area contributed by atoms with E-state index in [0.29, 0.717) is 0 Å². The number of fused-ring (bicyclic) bond motifs is 2. The van der Waals surface area contributed by atoms with Gasteiger partial charge in [0.1, 0.15) is 11.6 Å². The van der Waals surface area contributed by atoms with Crippen molar-refractivity contribution in [2.45, 2.75) is 19.0 Å². The molecule has 0 saturated carbocycles. The van der Waals surface area contributed by atoms with Crippen LogP contribution in [0.4, 0.5) is 0 Å². The molecule has 2 aromatic heterocycles. The van der Waals surface area contributed by atoms with Gasteiger partial charge in [-0.3, -0.25) is 0 Å². The van der Waals surface area contributed by atoms with Gasteiger partial charge in [0.15, 0.2) is 0 Å². The summed E-state index contributed by atoms with van der Waals surface area (Å²) in [6.45, 7) is 0.798. The van der Waals surface area contributed by atoms with Crippen molar-refractivity contribution in [2.24, 2.45) is 7.05 Å². The Morgan fingerprint density at radius 3 is 3.14 bits per heavy atom. The lowest BCUT2D eigenvalue weighted by Crippen LogP contribution is -2.30. The molecule has 0 spiro atoms. The fourth-order valence-corrected chi connectivity index (χ4v) is 2.99. The van der Waals surface area contributed by atoms with Crippen molar-refractivity contribution in [3.05, 3.63) is 41.7 Å². The number of aromatic nitrogens is 4. The van der Waals surface area contributed by atoms with Gasteiger partial charge in [-0.25, -0.2) is 9.97 Å². The van der Waals surface area contributed by atoms with Crippen molar-refractivity contribution in [3.63, 3.8) is 0 Å². The van der Waals surface area contributed by atoms with E-state index in [1.54, 1.807) is 13.4 Å². The van der Waals surface area contributed by atoms with Crippen LogP contribution in [0.2, 0.25) is 0 Å². The van der Waals surface area contributed by atoms with Crippen LogP contribution in [0, 0.1) is 0 Å². The third kappa shape index (κ3) is 1.91. The van der Waals surface area contributed by atoms with Gasteiger partial charge in [0.2, 0.25) is 0 Å². The first-order valence-electron chi connectivity index (χ1n) is 7.01. The summed E-state index contributed by atoms with van der Waals surface area (Å²) < 4.78 is 7.42. The summed E-state index contributed by atoms with van der Waals surface area (Å²) in [5, 5.41) is 3.52. The van der Waals surface area contributed by atoms with Crippen LogP contribution >= 0.6 is 0 Å². The molecule has 0 bridgehead atoms. The number of nitrogens with zero attached hydrogens (tertiary/aromatic N) is 3. The summed E-state index contributed by atoms with van der Waals surface area (Å²) in [7, 11) is 3.73. The summed E-state index contributed by atoms with van der Waals surface area (Å²) in [4.78, 5) is 12.3. The average molecular weight is 283 g/mol. The Bertz CT molecular complexity index is 804. The second kappa shape index (κ2) is 4.60. The summed E-state index contributed by atoms with van der Waals surface area (Å²) in [6, 6.07) is 6.17. The molecule has 0 fully saturated rings. The molecule has 1 atom stereocenters. The van der Waals surface area contributed by atoms with E-state index in [1.165, 1.54) is 5.69 Å². The van der Waals surface area contributed by atoms with E-state index in [4.69, 9.17) is 9.72 Å². The first-order chi connectivity index (χ1) is 10.3. The van der Waals surface area contributed by atoms with Gasteiger partial charge in [-0.05, 0) is 12.1 Å². The van der Waals surface area contributed by atoms with Crippen LogP contribution in [0.1, 0.15) is 23.3 Å². The molecule has 21 heavy (non-hydrogen) atoms. The zero-order valence-electron chi connectivity index (χ0n) is 12.1. The normalized spacial score (nSPS) is 17.9. The molecule has 0 amide bonds. The van der Waals surface area contributed by atoms with E-state index in [-0.39, 0.29) is 6.04 Å². The minimum atomic E-state index is 0.184. The Hall–Kier alpha value is -2.34. The highest BCUT2D eigenvalue weighted by molar-refractivity contribution is 5.77. The number of imidazole rings is 2. The number of methoxy groups -OCH3 is 1. The minimum Gasteiger partial charge on any atom is -0.497 e. The SMILES string of the molecule is COc1ccc2c(c1)nc(C1Cc3nc[nH]c3CN1)n2C. The largest absolute Gasteiger partial charge is 0.497 e. The molecule has 0 aliphatic carbocycles. The standard InChI is InChI=1S/C15H17N5O/c1-20-14-4-3-9(21-2)5-11(14)19-15(20)12-6-10-13(7-16-12)18-8-17-10/h3-5,8,12,16H,6-7H2,1-2H3,(H,17,18). The van der Waals surface area contributed by atoms with Gasteiger partial charge < -0.3 is 19.6 Å². The van der Waals surface area contributed by atoms with Crippen LogP contribution in [0.15, 0.2) is 24.5 Å². The lowest BCUT2D eigenvalue weighted by Gasteiger charge is -2.22. The maximum absolute atomic E-state index is 5.27. The van der Waals surface area contributed by atoms with Gasteiger partial charge in [0.05, 0.1) is 41.9 Å². The summed E-state index contributed by atoms with van der Waals surface area (Å²) in [5.41, 5.74) is 4.37. The van der Waals surface area contributed by atoms with Crippen LogP contribution in [-0.2, 0) is 20.0 Å². The molecule has 3 heterocycles. The van der Waals surface area contributed by atoms with Crippen molar-refractivity contribution in [1.29, 1.82) is 0 Å². The number of hydrogen-bond acceptors (Lipinski definition) is 4. The molecule has 4 rings (SSSR count). The molecule has 108 valence electrons. The molecule has 0 radical (unpaired) electrons. The maximum Gasteiger partial charge on any atom is 0.127 e. The van der Waals surface area contributed by atoms with E-state index in [1.807, 2.05) is 18.2 Å². The second-order valence-corrected chi connectivity index (χ2v) is 5.35. The maximum atomic E-state index is 5.27. The van der Waals surface area contributed by atoms with Crippen molar-refractivity contribution < 1.29 is 4.74 Å². The topological polar surface area (TPSA) is 67.8 Å². The minimum absolute atomic E-state index is 0.184. The molecule has 2 N–H and O–H groups in total. The van der Waals surface area contributed by atoms with Gasteiger partial charge >= 0.3 is 0 Å². The number of ether oxygens (including phenoxy) is 1. The van der Waals surface area contributed by atoms with Gasteiger partial charge in [-0.1, -0.05) is 0 Å². The van der Waals surface area contributed by atoms with Crippen LogP contribution < -0.4 is 10.1 Å². The summed E-state index contributed by atoms with van der Waals surface area (Å²) in [5.74, 6) is 1.87. The molecule has 1 aliphatic heterocycles. The van der Waals surface area contributed by atoms with E-state index < -0.39 is 0 Å². The Labute approximate surface area is 122 Å². The van der Waals surface area contributed by atoms with Crippen LogP contribution in [0.25, 0.3) is 11.0 Å². The Morgan fingerprint density at radius 1 is 1.38 bits per heavy atom.